The van der Waals surface area contributed by atoms with Crippen molar-refractivity contribution in [3.05, 3.63) is 29.3 Å². The predicted molar refractivity (Wildman–Crippen MR) is 62.7 cm³/mol. The maximum absolute atomic E-state index is 11.9. The number of nitrogens with zero attached hydrogens (tertiary/aromatic N) is 1. The highest BCUT2D eigenvalue weighted by atomic mass is 16.2. The highest BCUT2D eigenvalue weighted by Crippen LogP contribution is 2.28. The Hall–Kier alpha value is -1.64. The molecule has 0 saturated heterocycles. The molecule has 84 valence electrons. The molecule has 1 heterocycles. The zero-order valence-corrected chi connectivity index (χ0v) is 9.56. The number of carbonyl (C=O) groups is 2. The molecule has 1 aromatic rings. The predicted octanol–water partition coefficient (Wildman–Crippen LogP) is 2.04. The molecule has 3 nitrogen and oxygen atoms in total. The minimum Gasteiger partial charge on any atom is -0.315 e. The first kappa shape index (κ1) is 10.9. The van der Waals surface area contributed by atoms with E-state index in [9.17, 15) is 9.59 Å². The Labute approximate surface area is 95.1 Å². The van der Waals surface area contributed by atoms with E-state index in [-0.39, 0.29) is 11.8 Å². The molecule has 0 spiro atoms. The number of benzene rings is 1. The summed E-state index contributed by atoms with van der Waals surface area (Å²) < 4.78 is 0. The lowest BCUT2D eigenvalue weighted by Crippen LogP contribution is -2.30. The van der Waals surface area contributed by atoms with Crippen LogP contribution in [0.5, 0.6) is 0 Å². The van der Waals surface area contributed by atoms with Gasteiger partial charge in [0.25, 0.3) is 0 Å². The van der Waals surface area contributed by atoms with E-state index in [4.69, 9.17) is 0 Å². The number of carbonyl (C=O) groups excluding carboxylic acids is 2. The van der Waals surface area contributed by atoms with Crippen LogP contribution in [-0.2, 0) is 11.2 Å². The molecule has 2 rings (SSSR count). The van der Waals surface area contributed by atoms with E-state index in [0.717, 1.165) is 30.4 Å². The molecule has 1 aromatic carbocycles. The number of amides is 1. The van der Waals surface area contributed by atoms with Gasteiger partial charge in [-0.25, -0.2) is 0 Å². The average Bonchev–Trinajstić information content (AvgIpc) is 2.42. The highest BCUT2D eigenvalue weighted by Gasteiger charge is 2.24. The lowest BCUT2D eigenvalue weighted by Gasteiger charge is -2.19. The van der Waals surface area contributed by atoms with Gasteiger partial charge in [-0.15, -0.1) is 0 Å². The number of anilines is 1. The zero-order chi connectivity index (χ0) is 11.7. The van der Waals surface area contributed by atoms with Gasteiger partial charge in [-0.2, -0.15) is 0 Å². The van der Waals surface area contributed by atoms with Crippen molar-refractivity contribution < 1.29 is 9.59 Å². The van der Waals surface area contributed by atoms with Crippen LogP contribution in [0.3, 0.4) is 0 Å². The number of fused-ring (bicyclic) bond motifs is 1. The van der Waals surface area contributed by atoms with Crippen molar-refractivity contribution in [2.24, 2.45) is 5.92 Å². The van der Waals surface area contributed by atoms with E-state index in [1.165, 1.54) is 0 Å². The molecule has 1 aliphatic heterocycles. The maximum Gasteiger partial charge on any atom is 0.229 e. The summed E-state index contributed by atoms with van der Waals surface area (Å²) in [5, 5.41) is 0. The molecule has 0 radical (unpaired) electrons. The van der Waals surface area contributed by atoms with Gasteiger partial charge in [-0.1, -0.05) is 19.1 Å². The van der Waals surface area contributed by atoms with E-state index >= 15 is 0 Å². The van der Waals surface area contributed by atoms with Crippen LogP contribution in [-0.4, -0.2) is 19.2 Å². The molecule has 1 unspecified atom stereocenters. The smallest absolute Gasteiger partial charge is 0.229 e. The van der Waals surface area contributed by atoms with Gasteiger partial charge in [0.2, 0.25) is 5.91 Å². The third-order valence-electron chi connectivity index (χ3n) is 3.21. The lowest BCUT2D eigenvalue weighted by atomic mass is 10.0. The summed E-state index contributed by atoms with van der Waals surface area (Å²) in [5.74, 6) is 0.180. The fraction of sp³-hybridized carbons (Fsp3) is 0.385. The highest BCUT2D eigenvalue weighted by molar-refractivity contribution is 5.96. The van der Waals surface area contributed by atoms with Gasteiger partial charge in [0.15, 0.2) is 0 Å². The molecule has 1 atom stereocenters. The fourth-order valence-corrected chi connectivity index (χ4v) is 2.12. The van der Waals surface area contributed by atoms with Crippen LogP contribution >= 0.6 is 0 Å². The summed E-state index contributed by atoms with van der Waals surface area (Å²) in [6.07, 6.45) is 2.58. The van der Waals surface area contributed by atoms with Crippen molar-refractivity contribution in [2.75, 3.05) is 11.9 Å². The van der Waals surface area contributed by atoms with Crippen molar-refractivity contribution in [3.8, 4) is 0 Å². The van der Waals surface area contributed by atoms with E-state index in [1.807, 2.05) is 13.0 Å². The van der Waals surface area contributed by atoms with E-state index in [0.29, 0.717) is 5.56 Å². The van der Waals surface area contributed by atoms with Crippen molar-refractivity contribution in [3.63, 3.8) is 0 Å². The first-order valence-electron chi connectivity index (χ1n) is 5.49. The SMILES string of the molecule is CC1CCc2ccc(C=O)cc2N(C)C1=O. The van der Waals surface area contributed by atoms with E-state index < -0.39 is 0 Å². The third-order valence-corrected chi connectivity index (χ3v) is 3.21. The Morgan fingerprint density at radius 3 is 2.88 bits per heavy atom. The van der Waals surface area contributed by atoms with Gasteiger partial charge >= 0.3 is 0 Å². The van der Waals surface area contributed by atoms with Crippen LogP contribution in [0.25, 0.3) is 0 Å². The maximum atomic E-state index is 11.9. The van der Waals surface area contributed by atoms with Gasteiger partial charge in [0.1, 0.15) is 6.29 Å². The summed E-state index contributed by atoms with van der Waals surface area (Å²) in [7, 11) is 1.78. The largest absolute Gasteiger partial charge is 0.315 e. The van der Waals surface area contributed by atoms with Crippen molar-refractivity contribution in [1.29, 1.82) is 0 Å². The Kier molecular flexibility index (Phi) is 2.77. The summed E-state index contributed by atoms with van der Waals surface area (Å²) >= 11 is 0. The Morgan fingerprint density at radius 1 is 1.44 bits per heavy atom. The lowest BCUT2D eigenvalue weighted by molar-refractivity contribution is -0.121. The average molecular weight is 217 g/mol. The second-order valence-corrected chi connectivity index (χ2v) is 4.34. The monoisotopic (exact) mass is 217 g/mol. The topological polar surface area (TPSA) is 37.4 Å². The van der Waals surface area contributed by atoms with Crippen LogP contribution < -0.4 is 4.90 Å². The summed E-state index contributed by atoms with van der Waals surface area (Å²) in [4.78, 5) is 24.3. The normalized spacial score (nSPS) is 20.2. The van der Waals surface area contributed by atoms with Crippen LogP contribution in [0.15, 0.2) is 18.2 Å². The van der Waals surface area contributed by atoms with Crippen molar-refractivity contribution in [1.82, 2.24) is 0 Å². The minimum atomic E-state index is 0.0529. The quantitative estimate of drug-likeness (QED) is 0.675. The Morgan fingerprint density at radius 2 is 2.19 bits per heavy atom. The van der Waals surface area contributed by atoms with E-state index in [1.54, 1.807) is 24.1 Å². The minimum absolute atomic E-state index is 0.0529. The standard InChI is InChI=1S/C13H15NO2/c1-9-3-5-11-6-4-10(8-15)7-12(11)14(2)13(9)16/h4,6-9H,3,5H2,1-2H3. The first-order valence-corrected chi connectivity index (χ1v) is 5.49. The van der Waals surface area contributed by atoms with Crippen LogP contribution in [0, 0.1) is 5.92 Å². The molecule has 16 heavy (non-hydrogen) atoms. The number of aryl methyl sites for hydroxylation is 1. The van der Waals surface area contributed by atoms with Crippen molar-refractivity contribution >= 4 is 17.9 Å². The van der Waals surface area contributed by atoms with Crippen LogP contribution in [0.1, 0.15) is 29.3 Å². The van der Waals surface area contributed by atoms with Crippen molar-refractivity contribution in [2.45, 2.75) is 19.8 Å². The molecule has 0 bridgehead atoms. The van der Waals surface area contributed by atoms with Gasteiger partial charge in [0, 0.05) is 24.2 Å². The molecule has 3 heteroatoms. The summed E-state index contributed by atoms with van der Waals surface area (Å²) in [5.41, 5.74) is 2.64. The van der Waals surface area contributed by atoms with Crippen LogP contribution in [0.2, 0.25) is 0 Å². The molecular weight excluding hydrogens is 202 g/mol. The van der Waals surface area contributed by atoms with Gasteiger partial charge in [-0.05, 0) is 24.5 Å². The molecule has 0 aliphatic carbocycles. The number of aldehydes is 1. The fourth-order valence-electron chi connectivity index (χ4n) is 2.12. The first-order chi connectivity index (χ1) is 7.63. The number of rotatable bonds is 1. The Bertz CT molecular complexity index is 440. The zero-order valence-electron chi connectivity index (χ0n) is 9.56. The number of hydrogen-bond acceptors (Lipinski definition) is 2. The van der Waals surface area contributed by atoms with Gasteiger partial charge in [0.05, 0.1) is 0 Å². The summed E-state index contributed by atoms with van der Waals surface area (Å²) in [6, 6.07) is 5.54. The second-order valence-electron chi connectivity index (χ2n) is 4.34. The molecule has 0 saturated carbocycles. The molecule has 0 N–H and O–H groups in total. The molecule has 0 aromatic heterocycles. The van der Waals surface area contributed by atoms with Gasteiger partial charge in [-0.3, -0.25) is 9.59 Å². The number of hydrogen-bond donors (Lipinski definition) is 0. The summed E-state index contributed by atoms with van der Waals surface area (Å²) in [6.45, 7) is 1.95. The van der Waals surface area contributed by atoms with Gasteiger partial charge < -0.3 is 4.90 Å². The molecule has 1 amide bonds. The molecule has 1 aliphatic rings. The Balaban J connectivity index is 2.49. The third kappa shape index (κ3) is 1.73. The second kappa shape index (κ2) is 4.08. The van der Waals surface area contributed by atoms with Crippen LogP contribution in [0.4, 0.5) is 5.69 Å². The molecular formula is C13H15NO2. The molecule has 0 fully saturated rings. The van der Waals surface area contributed by atoms with E-state index in [2.05, 4.69) is 0 Å².